The second-order valence-electron chi connectivity index (χ2n) is 5.45. The fraction of sp³-hybridized carbons (Fsp3) is 0.222. The molecule has 1 aliphatic heterocycles. The number of hydrogen-bond donors (Lipinski definition) is 2. The van der Waals surface area contributed by atoms with Crippen molar-refractivity contribution in [3.63, 3.8) is 0 Å². The van der Waals surface area contributed by atoms with Gasteiger partial charge in [-0.05, 0) is 30.3 Å². The molecule has 1 atom stereocenters. The van der Waals surface area contributed by atoms with Crippen LogP contribution in [0.15, 0.2) is 58.3 Å². The Bertz CT molecular complexity index is 771. The summed E-state index contributed by atoms with van der Waals surface area (Å²) >= 11 is 9.02. The first-order chi connectivity index (χ1) is 12.1. The van der Waals surface area contributed by atoms with Crippen LogP contribution in [0.4, 0.5) is 5.69 Å². The Morgan fingerprint density at radius 2 is 2.04 bits per heavy atom. The molecule has 1 unspecified atom stereocenters. The van der Waals surface area contributed by atoms with Crippen molar-refractivity contribution in [2.75, 3.05) is 17.6 Å². The summed E-state index contributed by atoms with van der Waals surface area (Å²) in [6.45, 7) is 0.573. The quantitative estimate of drug-likeness (QED) is 0.575. The van der Waals surface area contributed by atoms with Gasteiger partial charge in [-0.1, -0.05) is 29.8 Å². The van der Waals surface area contributed by atoms with Crippen LogP contribution in [0.5, 0.6) is 0 Å². The summed E-state index contributed by atoms with van der Waals surface area (Å²) < 4.78 is 0. The van der Waals surface area contributed by atoms with Gasteiger partial charge in [0.1, 0.15) is 0 Å². The highest BCUT2D eigenvalue weighted by Crippen LogP contribution is 2.38. The molecule has 0 saturated heterocycles. The minimum atomic E-state index is -0.421. The van der Waals surface area contributed by atoms with Gasteiger partial charge in [0.2, 0.25) is 11.8 Å². The van der Waals surface area contributed by atoms with E-state index in [1.54, 1.807) is 23.9 Å². The lowest BCUT2D eigenvalue weighted by Gasteiger charge is -2.23. The van der Waals surface area contributed by atoms with Crippen molar-refractivity contribution < 1.29 is 9.59 Å². The average molecular weight is 393 g/mol. The number of thioether (sulfide) groups is 2. The van der Waals surface area contributed by atoms with Crippen molar-refractivity contribution in [2.24, 2.45) is 0 Å². The fourth-order valence-corrected chi connectivity index (χ4v) is 4.43. The van der Waals surface area contributed by atoms with Crippen LogP contribution >= 0.6 is 35.1 Å². The van der Waals surface area contributed by atoms with Gasteiger partial charge < -0.3 is 10.6 Å². The normalized spacial score (nSPS) is 16.0. The maximum absolute atomic E-state index is 12.2. The van der Waals surface area contributed by atoms with E-state index in [-0.39, 0.29) is 18.2 Å². The standard InChI is InChI=1S/C18H17ClN2O2S2/c19-12-6-7-15-14(10-12)21-18(23)16(25-15)11-17(22)20-8-9-24-13-4-2-1-3-5-13/h1-7,10,16H,8-9,11H2,(H,20,22)(H,21,23). The molecular weight excluding hydrogens is 376 g/mol. The fourth-order valence-electron chi connectivity index (χ4n) is 2.37. The maximum atomic E-state index is 12.2. The molecule has 2 aromatic rings. The molecule has 0 aliphatic carbocycles. The molecule has 0 fully saturated rings. The van der Waals surface area contributed by atoms with Crippen LogP contribution in [-0.4, -0.2) is 29.4 Å². The van der Waals surface area contributed by atoms with Crippen molar-refractivity contribution in [2.45, 2.75) is 21.5 Å². The molecule has 2 aromatic carbocycles. The maximum Gasteiger partial charge on any atom is 0.238 e. The van der Waals surface area contributed by atoms with E-state index in [1.807, 2.05) is 36.4 Å². The van der Waals surface area contributed by atoms with Crippen molar-refractivity contribution >= 4 is 52.6 Å². The van der Waals surface area contributed by atoms with E-state index >= 15 is 0 Å². The zero-order valence-electron chi connectivity index (χ0n) is 13.3. The number of fused-ring (bicyclic) bond motifs is 1. The smallest absolute Gasteiger partial charge is 0.238 e. The average Bonchev–Trinajstić information content (AvgIpc) is 2.60. The van der Waals surface area contributed by atoms with Crippen LogP contribution < -0.4 is 10.6 Å². The van der Waals surface area contributed by atoms with Gasteiger partial charge in [-0.25, -0.2) is 0 Å². The molecule has 7 heteroatoms. The predicted molar refractivity (Wildman–Crippen MR) is 105 cm³/mol. The zero-order chi connectivity index (χ0) is 17.6. The number of carbonyl (C=O) groups excluding carboxylic acids is 2. The molecular formula is C18H17ClN2O2S2. The van der Waals surface area contributed by atoms with Crippen molar-refractivity contribution in [1.29, 1.82) is 0 Å². The predicted octanol–water partition coefficient (Wildman–Crippen LogP) is 4.05. The lowest BCUT2D eigenvalue weighted by molar-refractivity contribution is -0.123. The first-order valence-electron chi connectivity index (χ1n) is 7.83. The number of nitrogens with one attached hydrogen (secondary N) is 2. The molecule has 1 heterocycles. The van der Waals surface area contributed by atoms with Crippen LogP contribution in [0.25, 0.3) is 0 Å². The Kier molecular flexibility index (Phi) is 6.29. The number of benzene rings is 2. The highest BCUT2D eigenvalue weighted by molar-refractivity contribution is 8.01. The number of rotatable bonds is 6. The molecule has 130 valence electrons. The summed E-state index contributed by atoms with van der Waals surface area (Å²) in [5, 5.41) is 5.85. The summed E-state index contributed by atoms with van der Waals surface area (Å²) in [5.41, 5.74) is 0.707. The number of halogens is 1. The number of anilines is 1. The van der Waals surface area contributed by atoms with E-state index < -0.39 is 5.25 Å². The van der Waals surface area contributed by atoms with Gasteiger partial charge in [-0.3, -0.25) is 9.59 Å². The van der Waals surface area contributed by atoms with E-state index in [1.165, 1.54) is 16.7 Å². The molecule has 0 radical (unpaired) electrons. The van der Waals surface area contributed by atoms with E-state index in [2.05, 4.69) is 10.6 Å². The minimum absolute atomic E-state index is 0.112. The molecule has 4 nitrogen and oxygen atoms in total. The molecule has 0 spiro atoms. The molecule has 3 rings (SSSR count). The third kappa shape index (κ3) is 5.17. The first-order valence-corrected chi connectivity index (χ1v) is 10.1. The van der Waals surface area contributed by atoms with Gasteiger partial charge in [-0.15, -0.1) is 23.5 Å². The summed E-state index contributed by atoms with van der Waals surface area (Å²) in [4.78, 5) is 26.4. The van der Waals surface area contributed by atoms with Gasteiger partial charge in [0.25, 0.3) is 0 Å². The van der Waals surface area contributed by atoms with E-state index in [0.29, 0.717) is 17.3 Å². The van der Waals surface area contributed by atoms with Gasteiger partial charge in [0.15, 0.2) is 0 Å². The Hall–Kier alpha value is -1.63. The van der Waals surface area contributed by atoms with Gasteiger partial charge in [0.05, 0.1) is 10.9 Å². The second-order valence-corrected chi connectivity index (χ2v) is 8.30. The highest BCUT2D eigenvalue weighted by Gasteiger charge is 2.28. The molecule has 2 N–H and O–H groups in total. The summed E-state index contributed by atoms with van der Waals surface area (Å²) in [5.74, 6) is 0.522. The molecule has 0 saturated carbocycles. The second kappa shape index (κ2) is 8.65. The molecule has 0 bridgehead atoms. The molecule has 1 aliphatic rings. The summed E-state index contributed by atoms with van der Waals surface area (Å²) in [6.07, 6.45) is 0.161. The third-order valence-corrected chi connectivity index (χ3v) is 6.09. The monoisotopic (exact) mass is 392 g/mol. The van der Waals surface area contributed by atoms with Crippen molar-refractivity contribution in [1.82, 2.24) is 5.32 Å². The highest BCUT2D eigenvalue weighted by atomic mass is 35.5. The SMILES string of the molecule is O=C(CC1Sc2ccc(Cl)cc2NC1=O)NCCSc1ccccc1. The van der Waals surface area contributed by atoms with Gasteiger partial charge in [0, 0.05) is 33.5 Å². The number of carbonyl (C=O) groups is 2. The number of hydrogen-bond acceptors (Lipinski definition) is 4. The number of amides is 2. The Balaban J connectivity index is 1.45. The Morgan fingerprint density at radius 3 is 2.84 bits per heavy atom. The molecule has 0 aromatic heterocycles. The van der Waals surface area contributed by atoms with Crippen LogP contribution in [0.2, 0.25) is 5.02 Å². The van der Waals surface area contributed by atoms with Crippen LogP contribution in [0.3, 0.4) is 0 Å². The van der Waals surface area contributed by atoms with Crippen LogP contribution in [0.1, 0.15) is 6.42 Å². The topological polar surface area (TPSA) is 58.2 Å². The van der Waals surface area contributed by atoms with Gasteiger partial charge in [-0.2, -0.15) is 0 Å². The lowest BCUT2D eigenvalue weighted by atomic mass is 10.2. The summed E-state index contributed by atoms with van der Waals surface area (Å²) in [6, 6.07) is 15.4. The largest absolute Gasteiger partial charge is 0.355 e. The van der Waals surface area contributed by atoms with Crippen molar-refractivity contribution in [3.8, 4) is 0 Å². The van der Waals surface area contributed by atoms with Crippen LogP contribution in [-0.2, 0) is 9.59 Å². The Morgan fingerprint density at radius 1 is 1.24 bits per heavy atom. The van der Waals surface area contributed by atoms with Gasteiger partial charge >= 0.3 is 0 Å². The third-order valence-electron chi connectivity index (χ3n) is 3.57. The van der Waals surface area contributed by atoms with E-state index in [9.17, 15) is 9.59 Å². The Labute approximate surface area is 160 Å². The molecule has 25 heavy (non-hydrogen) atoms. The zero-order valence-corrected chi connectivity index (χ0v) is 15.7. The lowest BCUT2D eigenvalue weighted by Crippen LogP contribution is -2.35. The minimum Gasteiger partial charge on any atom is -0.355 e. The molecule has 2 amide bonds. The first kappa shape index (κ1) is 18.2. The summed E-state index contributed by atoms with van der Waals surface area (Å²) in [7, 11) is 0. The van der Waals surface area contributed by atoms with E-state index in [0.717, 1.165) is 10.6 Å². The van der Waals surface area contributed by atoms with E-state index in [4.69, 9.17) is 11.6 Å². The van der Waals surface area contributed by atoms with Crippen molar-refractivity contribution in [3.05, 3.63) is 53.6 Å². The van der Waals surface area contributed by atoms with Crippen LogP contribution in [0, 0.1) is 0 Å².